The van der Waals surface area contributed by atoms with Gasteiger partial charge in [-0.05, 0) is 56.4 Å². The van der Waals surface area contributed by atoms with Crippen molar-refractivity contribution in [3.63, 3.8) is 0 Å². The van der Waals surface area contributed by atoms with E-state index in [1.165, 1.54) is 6.42 Å². The second-order valence-corrected chi connectivity index (χ2v) is 11.0. The summed E-state index contributed by atoms with van der Waals surface area (Å²) in [6, 6.07) is 3.35. The summed E-state index contributed by atoms with van der Waals surface area (Å²) in [6.45, 7) is 16.6. The van der Waals surface area contributed by atoms with Crippen LogP contribution in [0.5, 0.6) is 17.2 Å². The van der Waals surface area contributed by atoms with Gasteiger partial charge in [-0.25, -0.2) is 4.79 Å². The minimum Gasteiger partial charge on any atom is -0.493 e. The van der Waals surface area contributed by atoms with Gasteiger partial charge in [0.25, 0.3) is 0 Å². The van der Waals surface area contributed by atoms with Crippen molar-refractivity contribution < 1.29 is 23.7 Å². The van der Waals surface area contributed by atoms with Crippen molar-refractivity contribution in [3.05, 3.63) is 17.7 Å². The predicted molar refractivity (Wildman–Crippen MR) is 153 cm³/mol. The van der Waals surface area contributed by atoms with E-state index in [-0.39, 0.29) is 47.7 Å². The molecule has 214 valence electrons. The summed E-state index contributed by atoms with van der Waals surface area (Å²) in [4.78, 5) is 18.4. The Morgan fingerprint density at radius 1 is 0.973 bits per heavy atom. The standard InChI is InChI=1S/C28H46N2O5.2ClH/c1-10-30(11-2)15-14-29(6)18-20-21-12-13-28(5,27(21,3)4)25(20)35-26(31)19-16-22(32-7)24(34-9)23(17-19)33-8;;/h16-17,20-21,25H,10-15,18H2,1-9H3;2*1H. The number of ether oxygens (including phenoxy) is 4. The summed E-state index contributed by atoms with van der Waals surface area (Å²) >= 11 is 0. The SMILES string of the molecule is CCN(CC)CCN(C)CC1C2CCC(C)(C1OC(=O)c1cc(OC)c(OC)c(OC)c1)C2(C)C.Cl.Cl. The van der Waals surface area contributed by atoms with Gasteiger partial charge in [0.15, 0.2) is 11.5 Å². The zero-order valence-electron chi connectivity index (χ0n) is 24.1. The van der Waals surface area contributed by atoms with E-state index in [0.717, 1.165) is 39.1 Å². The maximum atomic E-state index is 13.5. The van der Waals surface area contributed by atoms with Crippen LogP contribution < -0.4 is 14.2 Å². The average Bonchev–Trinajstić information content (AvgIpc) is 3.16. The number of hydrogen-bond donors (Lipinski definition) is 0. The summed E-state index contributed by atoms with van der Waals surface area (Å²) in [5.74, 6) is 1.86. The number of hydrogen-bond acceptors (Lipinski definition) is 7. The van der Waals surface area contributed by atoms with Crippen LogP contribution in [0.15, 0.2) is 12.1 Å². The van der Waals surface area contributed by atoms with E-state index in [9.17, 15) is 4.79 Å². The van der Waals surface area contributed by atoms with Crippen LogP contribution in [0.4, 0.5) is 0 Å². The van der Waals surface area contributed by atoms with E-state index >= 15 is 0 Å². The third kappa shape index (κ3) is 6.26. The lowest BCUT2D eigenvalue weighted by Gasteiger charge is -2.40. The van der Waals surface area contributed by atoms with Gasteiger partial charge in [-0.3, -0.25) is 0 Å². The Bertz CT molecular complexity index is 870. The maximum Gasteiger partial charge on any atom is 0.338 e. The molecule has 0 spiro atoms. The van der Waals surface area contributed by atoms with Gasteiger partial charge in [0, 0.05) is 31.0 Å². The van der Waals surface area contributed by atoms with Crippen molar-refractivity contribution in [2.45, 2.75) is 53.6 Å². The summed E-state index contributed by atoms with van der Waals surface area (Å²) in [5, 5.41) is 0. The van der Waals surface area contributed by atoms with E-state index < -0.39 is 0 Å². The van der Waals surface area contributed by atoms with Gasteiger partial charge in [-0.15, -0.1) is 24.8 Å². The van der Waals surface area contributed by atoms with Crippen molar-refractivity contribution in [1.82, 2.24) is 9.80 Å². The topological polar surface area (TPSA) is 60.5 Å². The molecule has 1 aromatic rings. The molecule has 9 heteroatoms. The number of carbonyl (C=O) groups is 1. The number of carbonyl (C=O) groups excluding carboxylic acids is 1. The molecule has 7 nitrogen and oxygen atoms in total. The van der Waals surface area contributed by atoms with Gasteiger partial charge in [0.1, 0.15) is 6.10 Å². The monoisotopic (exact) mass is 562 g/mol. The lowest BCUT2D eigenvalue weighted by atomic mass is 9.70. The largest absolute Gasteiger partial charge is 0.493 e. The molecule has 0 aliphatic heterocycles. The van der Waals surface area contributed by atoms with Crippen LogP contribution in [-0.2, 0) is 4.74 Å². The third-order valence-corrected chi connectivity index (χ3v) is 9.26. The van der Waals surface area contributed by atoms with Gasteiger partial charge < -0.3 is 28.7 Å². The molecule has 1 aromatic carbocycles. The van der Waals surface area contributed by atoms with Crippen LogP contribution in [-0.4, -0.2) is 83.0 Å². The molecule has 4 atom stereocenters. The molecule has 2 aliphatic rings. The quantitative estimate of drug-likeness (QED) is 0.315. The fourth-order valence-corrected chi connectivity index (χ4v) is 6.63. The molecule has 0 heterocycles. The first-order valence-electron chi connectivity index (χ1n) is 13.0. The molecule has 2 fully saturated rings. The number of methoxy groups -OCH3 is 3. The van der Waals surface area contributed by atoms with Crippen LogP contribution in [0.1, 0.15) is 57.8 Å². The van der Waals surface area contributed by atoms with Crippen molar-refractivity contribution in [2.24, 2.45) is 22.7 Å². The Hall–Kier alpha value is -1.41. The highest BCUT2D eigenvalue weighted by molar-refractivity contribution is 5.91. The van der Waals surface area contributed by atoms with Gasteiger partial charge in [-0.2, -0.15) is 0 Å². The number of fused-ring (bicyclic) bond motifs is 2. The van der Waals surface area contributed by atoms with E-state index in [2.05, 4.69) is 51.5 Å². The number of rotatable bonds is 12. The highest BCUT2D eigenvalue weighted by Gasteiger charge is 2.67. The average molecular weight is 564 g/mol. The fraction of sp³-hybridized carbons (Fsp3) is 0.750. The van der Waals surface area contributed by atoms with E-state index in [4.69, 9.17) is 18.9 Å². The highest BCUT2D eigenvalue weighted by atomic mass is 35.5. The maximum absolute atomic E-state index is 13.5. The van der Waals surface area contributed by atoms with Gasteiger partial charge in [-0.1, -0.05) is 34.6 Å². The Balaban J connectivity index is 0.00000342. The minimum absolute atomic E-state index is 0. The molecule has 0 amide bonds. The number of esters is 1. The molecule has 2 bridgehead atoms. The van der Waals surface area contributed by atoms with Gasteiger partial charge >= 0.3 is 5.97 Å². The van der Waals surface area contributed by atoms with Crippen molar-refractivity contribution in [3.8, 4) is 17.2 Å². The summed E-state index contributed by atoms with van der Waals surface area (Å²) < 4.78 is 22.7. The highest BCUT2D eigenvalue weighted by Crippen LogP contribution is 2.68. The lowest BCUT2D eigenvalue weighted by molar-refractivity contribution is -0.0452. The molecular formula is C28H48Cl2N2O5. The number of halogens is 2. The number of benzene rings is 1. The van der Waals surface area contributed by atoms with E-state index in [0.29, 0.717) is 34.6 Å². The summed E-state index contributed by atoms with van der Waals surface area (Å²) in [7, 11) is 6.85. The molecular weight excluding hydrogens is 515 g/mol. The first kappa shape index (κ1) is 33.6. The normalized spacial score (nSPS) is 25.4. The van der Waals surface area contributed by atoms with Crippen molar-refractivity contribution in [2.75, 3.05) is 61.1 Å². The Labute approximate surface area is 236 Å². The Kier molecular flexibility index (Phi) is 12.3. The number of nitrogens with zero attached hydrogens (tertiary/aromatic N) is 2. The molecule has 37 heavy (non-hydrogen) atoms. The zero-order chi connectivity index (χ0) is 26.0. The molecule has 0 N–H and O–H groups in total. The van der Waals surface area contributed by atoms with Crippen molar-refractivity contribution >= 4 is 30.8 Å². The smallest absolute Gasteiger partial charge is 0.338 e. The van der Waals surface area contributed by atoms with E-state index in [1.54, 1.807) is 33.5 Å². The third-order valence-electron chi connectivity index (χ3n) is 9.26. The predicted octanol–water partition coefficient (Wildman–Crippen LogP) is 5.43. The first-order chi connectivity index (χ1) is 16.6. The van der Waals surface area contributed by atoms with Crippen LogP contribution in [0.2, 0.25) is 0 Å². The molecule has 2 saturated carbocycles. The summed E-state index contributed by atoms with van der Waals surface area (Å²) in [5.41, 5.74) is 0.466. The van der Waals surface area contributed by atoms with Gasteiger partial charge in [0.2, 0.25) is 5.75 Å². The lowest BCUT2D eigenvalue weighted by Crippen LogP contribution is -2.45. The first-order valence-corrected chi connectivity index (χ1v) is 13.0. The molecule has 2 aliphatic carbocycles. The van der Waals surface area contributed by atoms with E-state index in [1.807, 2.05) is 0 Å². The van der Waals surface area contributed by atoms with Crippen LogP contribution in [0, 0.1) is 22.7 Å². The molecule has 4 unspecified atom stereocenters. The second kappa shape index (κ2) is 13.6. The fourth-order valence-electron chi connectivity index (χ4n) is 6.63. The second-order valence-electron chi connectivity index (χ2n) is 11.0. The van der Waals surface area contributed by atoms with Crippen LogP contribution in [0.3, 0.4) is 0 Å². The number of likely N-dealkylation sites (N-methyl/N-ethyl adjacent to an activating group) is 2. The Morgan fingerprint density at radius 3 is 2.03 bits per heavy atom. The van der Waals surface area contributed by atoms with Crippen LogP contribution >= 0.6 is 24.8 Å². The summed E-state index contributed by atoms with van der Waals surface area (Å²) in [6.07, 6.45) is 2.13. The van der Waals surface area contributed by atoms with Crippen molar-refractivity contribution in [1.29, 1.82) is 0 Å². The van der Waals surface area contributed by atoms with Crippen LogP contribution in [0.25, 0.3) is 0 Å². The zero-order valence-corrected chi connectivity index (χ0v) is 25.7. The molecule has 3 rings (SSSR count). The Morgan fingerprint density at radius 2 is 1.54 bits per heavy atom. The molecule has 0 aromatic heterocycles. The molecule has 0 saturated heterocycles. The van der Waals surface area contributed by atoms with Gasteiger partial charge in [0.05, 0.1) is 26.9 Å². The molecule has 0 radical (unpaired) electrons. The minimum atomic E-state index is -0.338.